The lowest BCUT2D eigenvalue weighted by Crippen LogP contribution is -2.41. The van der Waals surface area contributed by atoms with Crippen molar-refractivity contribution in [2.24, 2.45) is 0 Å². The zero-order valence-corrected chi connectivity index (χ0v) is 23.4. The molecule has 1 amide bonds. The number of rotatable bonds is 10. The van der Waals surface area contributed by atoms with Gasteiger partial charge in [0.15, 0.2) is 0 Å². The third kappa shape index (κ3) is 6.43. The average Bonchev–Trinajstić information content (AvgIpc) is 2.85. The number of benzene rings is 3. The van der Waals surface area contributed by atoms with Gasteiger partial charge in [0.2, 0.25) is 5.91 Å². The molecule has 0 aliphatic rings. The van der Waals surface area contributed by atoms with Crippen LogP contribution in [0.15, 0.2) is 59.5 Å². The van der Waals surface area contributed by atoms with Gasteiger partial charge >= 0.3 is 0 Å². The smallest absolute Gasteiger partial charge is 0.268 e. The van der Waals surface area contributed by atoms with Crippen molar-refractivity contribution >= 4 is 21.6 Å². The Kier molecular flexibility index (Phi) is 8.86. The molecule has 3 rings (SSSR count). The van der Waals surface area contributed by atoms with Crippen molar-refractivity contribution in [2.45, 2.75) is 52.5 Å². The Balaban J connectivity index is 1.98. The van der Waals surface area contributed by atoms with Crippen LogP contribution in [0.4, 0.5) is 5.69 Å². The van der Waals surface area contributed by atoms with Gasteiger partial charge in [-0.05, 0) is 106 Å². The van der Waals surface area contributed by atoms with Gasteiger partial charge < -0.3 is 14.8 Å². The molecule has 1 atom stereocenters. The maximum absolute atomic E-state index is 13.9. The number of hydrogen-bond acceptors (Lipinski definition) is 5. The minimum Gasteiger partial charge on any atom is -0.495 e. The van der Waals surface area contributed by atoms with Crippen molar-refractivity contribution in [1.82, 2.24) is 5.32 Å². The van der Waals surface area contributed by atoms with Crippen molar-refractivity contribution in [1.29, 1.82) is 0 Å². The summed E-state index contributed by atoms with van der Waals surface area (Å²) >= 11 is 0. The summed E-state index contributed by atoms with van der Waals surface area (Å²) in [6.45, 7) is 11.7. The Morgan fingerprint density at radius 2 is 1.59 bits per heavy atom. The van der Waals surface area contributed by atoms with Gasteiger partial charge in [0.25, 0.3) is 10.0 Å². The van der Waals surface area contributed by atoms with Crippen molar-refractivity contribution in [3.05, 3.63) is 82.4 Å². The third-order valence-corrected chi connectivity index (χ3v) is 8.13. The van der Waals surface area contributed by atoms with E-state index in [-0.39, 0.29) is 16.7 Å². The molecule has 0 aromatic heterocycles. The first-order valence-electron chi connectivity index (χ1n) is 12.2. The monoisotopic (exact) mass is 524 g/mol. The fourth-order valence-electron chi connectivity index (χ4n) is 4.24. The zero-order valence-electron chi connectivity index (χ0n) is 22.6. The van der Waals surface area contributed by atoms with Crippen LogP contribution in [0.25, 0.3) is 0 Å². The molecular formula is C29H36N2O5S. The van der Waals surface area contributed by atoms with Crippen LogP contribution in [-0.4, -0.2) is 34.6 Å². The summed E-state index contributed by atoms with van der Waals surface area (Å²) in [7, 11) is -2.73. The first-order chi connectivity index (χ1) is 17.5. The normalized spacial score (nSPS) is 12.1. The Morgan fingerprint density at radius 1 is 0.946 bits per heavy atom. The lowest BCUT2D eigenvalue weighted by molar-refractivity contribution is -0.120. The highest BCUT2D eigenvalue weighted by Crippen LogP contribution is 2.32. The molecule has 0 radical (unpaired) electrons. The number of hydrogen-bond donors (Lipinski definition) is 1. The SMILES string of the molecule is CCOc1ccc(N(CC(=O)N[C@H](C)c2cc(C)c(C)cc2C)S(=O)(=O)c2cc(C)ccc2OC)cc1. The fourth-order valence-corrected chi connectivity index (χ4v) is 5.90. The largest absolute Gasteiger partial charge is 0.495 e. The topological polar surface area (TPSA) is 84.9 Å². The number of carbonyl (C=O) groups excluding carboxylic acids is 1. The number of aryl methyl sites for hydroxylation is 4. The van der Waals surface area contributed by atoms with E-state index in [1.807, 2.05) is 27.7 Å². The number of carbonyl (C=O) groups is 1. The molecule has 8 heteroatoms. The summed E-state index contributed by atoms with van der Waals surface area (Å²) in [6.07, 6.45) is 0. The maximum Gasteiger partial charge on any atom is 0.268 e. The van der Waals surface area contributed by atoms with Gasteiger partial charge in [0.05, 0.1) is 25.4 Å². The van der Waals surface area contributed by atoms with E-state index in [0.29, 0.717) is 18.0 Å². The second-order valence-electron chi connectivity index (χ2n) is 9.18. The van der Waals surface area contributed by atoms with Gasteiger partial charge in [-0.3, -0.25) is 9.10 Å². The number of sulfonamides is 1. The van der Waals surface area contributed by atoms with Gasteiger partial charge in [-0.15, -0.1) is 0 Å². The Labute approximate surface area is 220 Å². The molecule has 37 heavy (non-hydrogen) atoms. The molecule has 3 aromatic rings. The van der Waals surface area contributed by atoms with Gasteiger partial charge in [-0.25, -0.2) is 8.42 Å². The van der Waals surface area contributed by atoms with E-state index in [4.69, 9.17) is 9.47 Å². The van der Waals surface area contributed by atoms with E-state index in [9.17, 15) is 13.2 Å². The quantitative estimate of drug-likeness (QED) is 0.384. The molecule has 0 bridgehead atoms. The highest BCUT2D eigenvalue weighted by molar-refractivity contribution is 7.93. The number of nitrogens with one attached hydrogen (secondary N) is 1. The molecule has 0 fully saturated rings. The second-order valence-corrected chi connectivity index (χ2v) is 11.0. The van der Waals surface area contributed by atoms with E-state index in [1.165, 1.54) is 12.7 Å². The molecule has 3 aromatic carbocycles. The van der Waals surface area contributed by atoms with Crippen LogP contribution in [0.3, 0.4) is 0 Å². The Bertz CT molecular complexity index is 1370. The highest BCUT2D eigenvalue weighted by Gasteiger charge is 2.31. The second kappa shape index (κ2) is 11.7. The molecule has 0 aliphatic heterocycles. The molecule has 0 spiro atoms. The molecule has 0 saturated carbocycles. The van der Waals surface area contributed by atoms with Gasteiger partial charge in [0.1, 0.15) is 22.9 Å². The number of ether oxygens (including phenoxy) is 2. The predicted octanol–water partition coefficient (Wildman–Crippen LogP) is 5.40. The van der Waals surface area contributed by atoms with E-state index in [2.05, 4.69) is 24.4 Å². The van der Waals surface area contributed by atoms with Crippen LogP contribution in [0, 0.1) is 27.7 Å². The van der Waals surface area contributed by atoms with E-state index >= 15 is 0 Å². The van der Waals surface area contributed by atoms with Crippen molar-refractivity contribution < 1.29 is 22.7 Å². The number of anilines is 1. The van der Waals surface area contributed by atoms with Crippen molar-refractivity contribution in [3.8, 4) is 11.5 Å². The lowest BCUT2D eigenvalue weighted by atomic mass is 9.96. The summed E-state index contributed by atoms with van der Waals surface area (Å²) in [5.74, 6) is 0.398. The highest BCUT2D eigenvalue weighted by atomic mass is 32.2. The maximum atomic E-state index is 13.9. The molecule has 198 valence electrons. The Hall–Kier alpha value is -3.52. The fraction of sp³-hybridized carbons (Fsp3) is 0.345. The molecule has 0 aliphatic carbocycles. The first-order valence-corrected chi connectivity index (χ1v) is 13.7. The molecule has 0 saturated heterocycles. The van der Waals surface area contributed by atoms with Gasteiger partial charge in [-0.2, -0.15) is 0 Å². The van der Waals surface area contributed by atoms with Crippen LogP contribution in [0.5, 0.6) is 11.5 Å². The Morgan fingerprint density at radius 3 is 2.22 bits per heavy atom. The van der Waals surface area contributed by atoms with Crippen molar-refractivity contribution in [3.63, 3.8) is 0 Å². The molecule has 7 nitrogen and oxygen atoms in total. The summed E-state index contributed by atoms with van der Waals surface area (Å²) < 4.78 is 39.8. The van der Waals surface area contributed by atoms with E-state index < -0.39 is 22.5 Å². The molecular weight excluding hydrogens is 488 g/mol. The van der Waals surface area contributed by atoms with Gasteiger partial charge in [0, 0.05) is 0 Å². The van der Waals surface area contributed by atoms with E-state index in [0.717, 1.165) is 26.6 Å². The van der Waals surface area contributed by atoms with Crippen LogP contribution >= 0.6 is 0 Å². The van der Waals surface area contributed by atoms with Crippen molar-refractivity contribution in [2.75, 3.05) is 24.6 Å². The van der Waals surface area contributed by atoms with E-state index in [1.54, 1.807) is 49.4 Å². The van der Waals surface area contributed by atoms with Crippen LogP contribution in [0.1, 0.15) is 47.7 Å². The molecule has 0 heterocycles. The molecule has 0 unspecified atom stereocenters. The molecule has 1 N–H and O–H groups in total. The number of nitrogens with zero attached hydrogens (tertiary/aromatic N) is 1. The van der Waals surface area contributed by atoms with Crippen LogP contribution in [0.2, 0.25) is 0 Å². The number of amides is 1. The zero-order chi connectivity index (χ0) is 27.3. The van der Waals surface area contributed by atoms with Crippen LogP contribution in [-0.2, 0) is 14.8 Å². The van der Waals surface area contributed by atoms with Crippen LogP contribution < -0.4 is 19.1 Å². The average molecular weight is 525 g/mol. The minimum atomic E-state index is -4.15. The standard InChI is InChI=1S/C29H36N2O5S/c1-8-36-25-12-10-24(11-13-25)31(37(33,34)28-15-19(2)9-14-27(28)35-7)18-29(32)30-23(6)26-17-21(4)20(3)16-22(26)5/h9-17,23H,8,18H2,1-7H3,(H,30,32)/t23-/m1/s1. The minimum absolute atomic E-state index is 0.00487. The lowest BCUT2D eigenvalue weighted by Gasteiger charge is -2.26. The predicted molar refractivity (Wildman–Crippen MR) is 147 cm³/mol. The third-order valence-electron chi connectivity index (χ3n) is 6.34. The summed E-state index contributed by atoms with van der Waals surface area (Å²) in [6, 6.07) is 15.4. The first kappa shape index (κ1) is 28.1. The number of methoxy groups -OCH3 is 1. The summed E-state index contributed by atoms with van der Waals surface area (Å²) in [4.78, 5) is 13.3. The summed E-state index contributed by atoms with van der Waals surface area (Å²) in [5, 5.41) is 2.98. The summed E-state index contributed by atoms with van der Waals surface area (Å²) in [5.41, 5.74) is 5.47. The van der Waals surface area contributed by atoms with Gasteiger partial charge in [-0.1, -0.05) is 18.2 Å².